The Morgan fingerprint density at radius 3 is 2.14 bits per heavy atom. The fourth-order valence-corrected chi connectivity index (χ4v) is 3.16. The van der Waals surface area contributed by atoms with E-state index in [4.69, 9.17) is 0 Å². The number of carbonyl (C=O) groups excluding carboxylic acids is 2. The van der Waals surface area contributed by atoms with Crippen molar-refractivity contribution in [2.45, 2.75) is 6.42 Å². The van der Waals surface area contributed by atoms with E-state index in [1.807, 2.05) is 43.3 Å². The lowest BCUT2D eigenvalue weighted by Crippen LogP contribution is -2.49. The molecule has 1 saturated heterocycles. The summed E-state index contributed by atoms with van der Waals surface area (Å²) in [5, 5.41) is 2.77. The van der Waals surface area contributed by atoms with E-state index < -0.39 is 0 Å². The molecule has 1 aliphatic heterocycles. The number of rotatable bonds is 5. The van der Waals surface area contributed by atoms with Gasteiger partial charge >= 0.3 is 0 Å². The first kappa shape index (κ1) is 19.7. The topological polar surface area (TPSA) is 55.9 Å². The fourth-order valence-electron chi connectivity index (χ4n) is 3.16. The summed E-state index contributed by atoms with van der Waals surface area (Å²) in [5.74, 6) is -0.760. The lowest BCUT2D eigenvalue weighted by Gasteiger charge is -2.36. The van der Waals surface area contributed by atoms with Gasteiger partial charge in [-0.25, -0.2) is 4.39 Å². The summed E-state index contributed by atoms with van der Waals surface area (Å²) in [4.78, 5) is 30.4. The molecule has 0 aromatic heterocycles. The molecular formula is C21H25FN4O2. The molecule has 2 aromatic rings. The highest BCUT2D eigenvalue weighted by atomic mass is 19.1. The third-order valence-electron chi connectivity index (χ3n) is 4.80. The van der Waals surface area contributed by atoms with Crippen LogP contribution in [-0.2, 0) is 9.59 Å². The van der Waals surface area contributed by atoms with Crippen molar-refractivity contribution in [2.75, 3.05) is 55.4 Å². The van der Waals surface area contributed by atoms with Gasteiger partial charge in [0.2, 0.25) is 11.8 Å². The van der Waals surface area contributed by atoms with Crippen LogP contribution in [0.25, 0.3) is 0 Å². The summed E-state index contributed by atoms with van der Waals surface area (Å²) in [6.07, 6.45) is -0.175. The molecule has 1 aliphatic rings. The minimum absolute atomic E-state index is 0.175. The standard InChI is InChI=1S/C21H25FN4O2/c1-24(2)18-9-5-17(6-10-18)23-20(27)15-21(28)26-13-11-25(12-14-26)19-7-3-16(22)4-8-19/h3-10H,11-15H2,1-2H3,(H,23,27). The second kappa shape index (κ2) is 8.73. The third kappa shape index (κ3) is 5.00. The molecule has 0 atom stereocenters. The molecule has 2 aromatic carbocycles. The van der Waals surface area contributed by atoms with Crippen LogP contribution in [0.2, 0.25) is 0 Å². The monoisotopic (exact) mass is 384 g/mol. The summed E-state index contributed by atoms with van der Waals surface area (Å²) in [5.41, 5.74) is 2.64. The maximum absolute atomic E-state index is 13.0. The Morgan fingerprint density at radius 2 is 1.57 bits per heavy atom. The van der Waals surface area contributed by atoms with E-state index in [0.717, 1.165) is 11.4 Å². The number of piperazine rings is 1. The Labute approximate surface area is 164 Å². The molecule has 1 fully saturated rings. The number of nitrogens with one attached hydrogen (secondary N) is 1. The lowest BCUT2D eigenvalue weighted by atomic mass is 10.2. The number of hydrogen-bond donors (Lipinski definition) is 1. The SMILES string of the molecule is CN(C)c1ccc(NC(=O)CC(=O)N2CCN(c3ccc(F)cc3)CC2)cc1. The van der Waals surface area contributed by atoms with Crippen LogP contribution in [0, 0.1) is 5.82 Å². The van der Waals surface area contributed by atoms with Crippen LogP contribution in [0.5, 0.6) is 0 Å². The minimum atomic E-state index is -0.316. The third-order valence-corrected chi connectivity index (χ3v) is 4.80. The van der Waals surface area contributed by atoms with Crippen LogP contribution in [0.4, 0.5) is 21.5 Å². The predicted molar refractivity (Wildman–Crippen MR) is 109 cm³/mol. The quantitative estimate of drug-likeness (QED) is 0.805. The van der Waals surface area contributed by atoms with Crippen LogP contribution in [-0.4, -0.2) is 57.0 Å². The molecule has 0 spiro atoms. The number of hydrogen-bond acceptors (Lipinski definition) is 4. The van der Waals surface area contributed by atoms with Gasteiger partial charge in [0.1, 0.15) is 12.2 Å². The van der Waals surface area contributed by atoms with Gasteiger partial charge in [-0.05, 0) is 48.5 Å². The second-order valence-electron chi connectivity index (χ2n) is 7.01. The Kier molecular flexibility index (Phi) is 6.13. The van der Waals surface area contributed by atoms with E-state index in [-0.39, 0.29) is 24.1 Å². The van der Waals surface area contributed by atoms with Crippen LogP contribution in [0.3, 0.4) is 0 Å². The number of amides is 2. The number of carbonyl (C=O) groups is 2. The van der Waals surface area contributed by atoms with Crippen molar-refractivity contribution in [1.82, 2.24) is 4.90 Å². The molecule has 1 N–H and O–H groups in total. The van der Waals surface area contributed by atoms with Crippen molar-refractivity contribution in [3.05, 3.63) is 54.3 Å². The van der Waals surface area contributed by atoms with E-state index in [9.17, 15) is 14.0 Å². The fraction of sp³-hybridized carbons (Fsp3) is 0.333. The molecule has 0 unspecified atom stereocenters. The van der Waals surface area contributed by atoms with Gasteiger partial charge < -0.3 is 20.0 Å². The van der Waals surface area contributed by atoms with E-state index >= 15 is 0 Å². The van der Waals surface area contributed by atoms with E-state index in [2.05, 4.69) is 10.2 Å². The first-order valence-corrected chi connectivity index (χ1v) is 9.28. The molecule has 0 radical (unpaired) electrons. The Hall–Kier alpha value is -3.09. The van der Waals surface area contributed by atoms with Crippen molar-refractivity contribution in [3.63, 3.8) is 0 Å². The maximum Gasteiger partial charge on any atom is 0.233 e. The van der Waals surface area contributed by atoms with Crippen molar-refractivity contribution in [3.8, 4) is 0 Å². The van der Waals surface area contributed by atoms with E-state index in [1.54, 1.807) is 17.0 Å². The first-order chi connectivity index (χ1) is 13.4. The largest absolute Gasteiger partial charge is 0.378 e. The maximum atomic E-state index is 13.0. The van der Waals surface area contributed by atoms with Crippen molar-refractivity contribution in [1.29, 1.82) is 0 Å². The number of anilines is 3. The summed E-state index contributed by atoms with van der Waals surface area (Å²) < 4.78 is 13.0. The number of nitrogens with zero attached hydrogens (tertiary/aromatic N) is 3. The minimum Gasteiger partial charge on any atom is -0.378 e. The molecule has 1 heterocycles. The highest BCUT2D eigenvalue weighted by Crippen LogP contribution is 2.18. The Bertz CT molecular complexity index is 813. The Balaban J connectivity index is 1.47. The van der Waals surface area contributed by atoms with E-state index in [1.165, 1.54) is 12.1 Å². The van der Waals surface area contributed by atoms with Gasteiger partial charge in [0.05, 0.1) is 0 Å². The second-order valence-corrected chi connectivity index (χ2v) is 7.01. The molecule has 6 nitrogen and oxygen atoms in total. The zero-order chi connectivity index (χ0) is 20.1. The van der Waals surface area contributed by atoms with Gasteiger partial charge in [-0.2, -0.15) is 0 Å². The highest BCUT2D eigenvalue weighted by Gasteiger charge is 2.23. The van der Waals surface area contributed by atoms with Crippen LogP contribution < -0.4 is 15.1 Å². The molecule has 0 aliphatic carbocycles. The summed E-state index contributed by atoms with van der Waals surface area (Å²) in [7, 11) is 3.89. The average Bonchev–Trinajstić information content (AvgIpc) is 2.69. The molecule has 0 saturated carbocycles. The molecule has 0 bridgehead atoms. The predicted octanol–water partition coefficient (Wildman–Crippen LogP) is 2.57. The normalized spacial score (nSPS) is 14.0. The van der Waals surface area contributed by atoms with Gasteiger partial charge in [-0.1, -0.05) is 0 Å². The average molecular weight is 384 g/mol. The van der Waals surface area contributed by atoms with Gasteiger partial charge in [0.25, 0.3) is 0 Å². The van der Waals surface area contributed by atoms with Gasteiger partial charge in [0.15, 0.2) is 0 Å². The van der Waals surface area contributed by atoms with Crippen LogP contribution >= 0.6 is 0 Å². The summed E-state index contributed by atoms with van der Waals surface area (Å²) in [6, 6.07) is 13.8. The molecule has 148 valence electrons. The zero-order valence-corrected chi connectivity index (χ0v) is 16.2. The number of halogens is 1. The summed E-state index contributed by atoms with van der Waals surface area (Å²) >= 11 is 0. The van der Waals surface area contributed by atoms with Gasteiger partial charge in [-0.15, -0.1) is 0 Å². The zero-order valence-electron chi connectivity index (χ0n) is 16.2. The van der Waals surface area contributed by atoms with Crippen molar-refractivity contribution >= 4 is 28.9 Å². The van der Waals surface area contributed by atoms with Gasteiger partial charge in [0, 0.05) is 57.3 Å². The van der Waals surface area contributed by atoms with Crippen molar-refractivity contribution < 1.29 is 14.0 Å². The summed E-state index contributed by atoms with van der Waals surface area (Å²) in [6.45, 7) is 2.40. The molecule has 2 amide bonds. The van der Waals surface area contributed by atoms with Crippen molar-refractivity contribution in [2.24, 2.45) is 0 Å². The Morgan fingerprint density at radius 1 is 0.964 bits per heavy atom. The highest BCUT2D eigenvalue weighted by molar-refractivity contribution is 6.03. The molecule has 28 heavy (non-hydrogen) atoms. The van der Waals surface area contributed by atoms with Gasteiger partial charge in [-0.3, -0.25) is 9.59 Å². The van der Waals surface area contributed by atoms with E-state index in [0.29, 0.717) is 31.9 Å². The number of benzene rings is 2. The van der Waals surface area contributed by atoms with Crippen LogP contribution in [0.15, 0.2) is 48.5 Å². The molecule has 3 rings (SSSR count). The van der Waals surface area contributed by atoms with Crippen LogP contribution in [0.1, 0.15) is 6.42 Å². The first-order valence-electron chi connectivity index (χ1n) is 9.28. The molecule has 7 heteroatoms. The lowest BCUT2D eigenvalue weighted by molar-refractivity contribution is -0.134. The smallest absolute Gasteiger partial charge is 0.233 e. The molecular weight excluding hydrogens is 359 g/mol.